The predicted octanol–water partition coefficient (Wildman–Crippen LogP) is 2.17. The highest BCUT2D eigenvalue weighted by Crippen LogP contribution is 2.17. The van der Waals surface area contributed by atoms with Gasteiger partial charge in [-0.25, -0.2) is 0 Å². The first-order valence-electron chi connectivity index (χ1n) is 7.02. The van der Waals surface area contributed by atoms with Gasteiger partial charge in [-0.05, 0) is 42.9 Å². The lowest BCUT2D eigenvalue weighted by Gasteiger charge is -2.26. The van der Waals surface area contributed by atoms with Crippen LogP contribution in [0.25, 0.3) is 0 Å². The number of nitrogens with one attached hydrogen (secondary N) is 1. The van der Waals surface area contributed by atoms with E-state index in [1.54, 1.807) is 0 Å². The standard InChI is InChI=1S/C15H21ClN2O2.ClH/c16-13-3-1-2-11(10-13)4-7-18-15(19)14(17)12-5-8-20-9-6-12;/h1-3,10,12,14H,4-9,17H2,(H,18,19);1H. The minimum atomic E-state index is -0.432. The molecular formula is C15H22Cl2N2O2. The summed E-state index contributed by atoms with van der Waals surface area (Å²) >= 11 is 5.92. The van der Waals surface area contributed by atoms with Gasteiger partial charge in [0.05, 0.1) is 6.04 Å². The molecule has 3 N–H and O–H groups in total. The average molecular weight is 333 g/mol. The van der Waals surface area contributed by atoms with Crippen molar-refractivity contribution in [1.29, 1.82) is 0 Å². The Hall–Kier alpha value is -0.810. The smallest absolute Gasteiger partial charge is 0.237 e. The third kappa shape index (κ3) is 5.83. The van der Waals surface area contributed by atoms with E-state index in [0.29, 0.717) is 24.8 Å². The Labute approximate surface area is 136 Å². The van der Waals surface area contributed by atoms with Crippen molar-refractivity contribution < 1.29 is 9.53 Å². The second-order valence-corrected chi connectivity index (χ2v) is 5.58. The molecular weight excluding hydrogens is 311 g/mol. The van der Waals surface area contributed by atoms with Crippen molar-refractivity contribution >= 4 is 29.9 Å². The normalized spacial score (nSPS) is 16.9. The highest BCUT2D eigenvalue weighted by Gasteiger charge is 2.26. The van der Waals surface area contributed by atoms with E-state index in [2.05, 4.69) is 5.32 Å². The van der Waals surface area contributed by atoms with Gasteiger partial charge in [-0.1, -0.05) is 23.7 Å². The lowest BCUT2D eigenvalue weighted by Crippen LogP contribution is -2.47. The van der Waals surface area contributed by atoms with Gasteiger partial charge < -0.3 is 15.8 Å². The van der Waals surface area contributed by atoms with Crippen LogP contribution in [-0.4, -0.2) is 31.7 Å². The molecule has 21 heavy (non-hydrogen) atoms. The summed E-state index contributed by atoms with van der Waals surface area (Å²) in [5.74, 6) is 0.161. The van der Waals surface area contributed by atoms with Gasteiger partial charge in [-0.2, -0.15) is 0 Å². The second-order valence-electron chi connectivity index (χ2n) is 5.15. The Kier molecular flexibility index (Phi) is 8.04. The average Bonchev–Trinajstić information content (AvgIpc) is 2.47. The molecule has 2 rings (SSSR count). The Balaban J connectivity index is 0.00000220. The molecule has 1 aliphatic heterocycles. The van der Waals surface area contributed by atoms with Crippen molar-refractivity contribution in [3.63, 3.8) is 0 Å². The van der Waals surface area contributed by atoms with E-state index < -0.39 is 6.04 Å². The summed E-state index contributed by atoms with van der Waals surface area (Å²) < 4.78 is 5.28. The fourth-order valence-electron chi connectivity index (χ4n) is 2.43. The molecule has 1 unspecified atom stereocenters. The summed E-state index contributed by atoms with van der Waals surface area (Å²) in [4.78, 5) is 12.0. The molecule has 1 atom stereocenters. The molecule has 0 spiro atoms. The van der Waals surface area contributed by atoms with Crippen molar-refractivity contribution in [2.45, 2.75) is 25.3 Å². The molecule has 4 nitrogen and oxygen atoms in total. The van der Waals surface area contributed by atoms with Crippen molar-refractivity contribution in [2.75, 3.05) is 19.8 Å². The van der Waals surface area contributed by atoms with Gasteiger partial charge in [-0.3, -0.25) is 4.79 Å². The van der Waals surface area contributed by atoms with E-state index in [9.17, 15) is 4.79 Å². The largest absolute Gasteiger partial charge is 0.381 e. The molecule has 118 valence electrons. The molecule has 0 aliphatic carbocycles. The molecule has 1 aliphatic rings. The minimum absolute atomic E-state index is 0. The van der Waals surface area contributed by atoms with Gasteiger partial charge in [-0.15, -0.1) is 12.4 Å². The number of carbonyl (C=O) groups excluding carboxylic acids is 1. The van der Waals surface area contributed by atoms with Crippen LogP contribution in [0.5, 0.6) is 0 Å². The van der Waals surface area contributed by atoms with Crippen LogP contribution in [0, 0.1) is 5.92 Å². The fraction of sp³-hybridized carbons (Fsp3) is 0.533. The lowest BCUT2D eigenvalue weighted by molar-refractivity contribution is -0.124. The molecule has 1 fully saturated rings. The number of nitrogens with two attached hydrogens (primary N) is 1. The van der Waals surface area contributed by atoms with Crippen molar-refractivity contribution in [2.24, 2.45) is 11.7 Å². The van der Waals surface area contributed by atoms with Gasteiger partial charge in [0.15, 0.2) is 0 Å². The molecule has 1 aromatic rings. The molecule has 1 heterocycles. The van der Waals surface area contributed by atoms with Crippen LogP contribution in [-0.2, 0) is 16.0 Å². The molecule has 6 heteroatoms. The minimum Gasteiger partial charge on any atom is -0.381 e. The van der Waals surface area contributed by atoms with Gasteiger partial charge in [0.25, 0.3) is 0 Å². The number of halogens is 2. The molecule has 0 saturated carbocycles. The van der Waals surface area contributed by atoms with E-state index in [1.165, 1.54) is 0 Å². The highest BCUT2D eigenvalue weighted by atomic mass is 35.5. The number of amides is 1. The summed E-state index contributed by atoms with van der Waals surface area (Å²) in [6.45, 7) is 1.98. The van der Waals surface area contributed by atoms with Crippen LogP contribution >= 0.6 is 24.0 Å². The van der Waals surface area contributed by atoms with Crippen molar-refractivity contribution in [3.8, 4) is 0 Å². The van der Waals surface area contributed by atoms with Gasteiger partial charge in [0.1, 0.15) is 0 Å². The molecule has 0 radical (unpaired) electrons. The van der Waals surface area contributed by atoms with Crippen molar-refractivity contribution in [1.82, 2.24) is 5.32 Å². The monoisotopic (exact) mass is 332 g/mol. The third-order valence-corrected chi connectivity index (χ3v) is 3.91. The van der Waals surface area contributed by atoms with Crippen molar-refractivity contribution in [3.05, 3.63) is 34.9 Å². The molecule has 1 amide bonds. The molecule has 0 bridgehead atoms. The maximum atomic E-state index is 12.0. The maximum Gasteiger partial charge on any atom is 0.237 e. The first-order chi connectivity index (χ1) is 9.66. The van der Waals surface area contributed by atoms with Crippen LogP contribution in [0.4, 0.5) is 0 Å². The predicted molar refractivity (Wildman–Crippen MR) is 86.9 cm³/mol. The SMILES string of the molecule is Cl.NC(C(=O)NCCc1cccc(Cl)c1)C1CCOCC1. The number of carbonyl (C=O) groups is 1. The Bertz CT molecular complexity index is 451. The van der Waals surface area contributed by atoms with Crippen LogP contribution in [0.3, 0.4) is 0 Å². The molecule has 1 saturated heterocycles. The van der Waals surface area contributed by atoms with Gasteiger partial charge in [0, 0.05) is 24.8 Å². The molecule has 1 aromatic carbocycles. The maximum absolute atomic E-state index is 12.0. The van der Waals surface area contributed by atoms with Gasteiger partial charge in [0.2, 0.25) is 5.91 Å². The van der Waals surface area contributed by atoms with Crippen LogP contribution in [0.1, 0.15) is 18.4 Å². The topological polar surface area (TPSA) is 64.4 Å². The molecule has 0 aromatic heterocycles. The summed E-state index contributed by atoms with van der Waals surface area (Å²) in [7, 11) is 0. The van der Waals surface area contributed by atoms with E-state index in [0.717, 1.165) is 24.8 Å². The second kappa shape index (κ2) is 9.26. The summed E-state index contributed by atoms with van der Waals surface area (Å²) in [5.41, 5.74) is 7.12. The first-order valence-corrected chi connectivity index (χ1v) is 7.40. The zero-order valence-corrected chi connectivity index (χ0v) is 13.5. The lowest BCUT2D eigenvalue weighted by atomic mass is 9.92. The zero-order valence-electron chi connectivity index (χ0n) is 11.9. The Morgan fingerprint density at radius 3 is 2.81 bits per heavy atom. The van der Waals surface area contributed by atoms with Crippen LogP contribution in [0.15, 0.2) is 24.3 Å². The Morgan fingerprint density at radius 2 is 2.14 bits per heavy atom. The number of rotatable bonds is 5. The highest BCUT2D eigenvalue weighted by molar-refractivity contribution is 6.30. The third-order valence-electron chi connectivity index (χ3n) is 3.68. The number of hydrogen-bond acceptors (Lipinski definition) is 3. The number of benzene rings is 1. The number of ether oxygens (including phenoxy) is 1. The summed E-state index contributed by atoms with van der Waals surface area (Å²) in [6.07, 6.45) is 2.48. The number of hydrogen-bond donors (Lipinski definition) is 2. The quantitative estimate of drug-likeness (QED) is 0.868. The van der Waals surface area contributed by atoms with Crippen LogP contribution < -0.4 is 11.1 Å². The zero-order chi connectivity index (χ0) is 14.4. The summed E-state index contributed by atoms with van der Waals surface area (Å²) in [5, 5.41) is 3.62. The van der Waals surface area contributed by atoms with E-state index in [1.807, 2.05) is 24.3 Å². The van der Waals surface area contributed by atoms with E-state index >= 15 is 0 Å². The van der Waals surface area contributed by atoms with E-state index in [4.69, 9.17) is 22.1 Å². The first kappa shape index (κ1) is 18.2. The van der Waals surface area contributed by atoms with E-state index in [-0.39, 0.29) is 24.2 Å². The summed E-state index contributed by atoms with van der Waals surface area (Å²) in [6, 6.07) is 7.22. The van der Waals surface area contributed by atoms with Crippen LogP contribution in [0.2, 0.25) is 5.02 Å². The Morgan fingerprint density at radius 1 is 1.43 bits per heavy atom. The van der Waals surface area contributed by atoms with Gasteiger partial charge >= 0.3 is 0 Å². The fourth-order valence-corrected chi connectivity index (χ4v) is 2.64.